The normalized spacial score (nSPS) is 16.1. The van der Waals surface area contributed by atoms with Crippen molar-refractivity contribution in [1.82, 2.24) is 10.4 Å². The minimum Gasteiger partial charge on any atom is -0.448 e. The van der Waals surface area contributed by atoms with Crippen LogP contribution in [0.25, 0.3) is 0 Å². The van der Waals surface area contributed by atoms with Crippen LogP contribution >= 0.6 is 0 Å². The molecule has 1 amide bonds. The Hall–Kier alpha value is -1.36. The molecule has 2 rings (SSSR count). The number of rotatable bonds is 2. The van der Waals surface area contributed by atoms with Crippen molar-refractivity contribution < 1.29 is 9.21 Å². The van der Waals surface area contributed by atoms with Crippen molar-refractivity contribution in [3.63, 3.8) is 0 Å². The number of carbonyl (C=O) groups excluding carboxylic acids is 1. The number of oxazole rings is 1. The minimum absolute atomic E-state index is 0.249. The number of nitrogens with two attached hydrogens (primary N) is 1. The standard InChI is InChI=1S/C7H9N3O2/c8-10-6(11)5-3-12-7(9-5)4-1-2-4/h3-4H,1-2,8H2,(H,10,11). The smallest absolute Gasteiger partial charge is 0.287 e. The number of nitrogens with one attached hydrogen (secondary N) is 1. The molecule has 1 aliphatic rings. The molecule has 0 spiro atoms. The predicted octanol–water partition coefficient (Wildman–Crippen LogP) is 0.155. The minimum atomic E-state index is -0.411. The van der Waals surface area contributed by atoms with Gasteiger partial charge in [0.2, 0.25) is 0 Å². The Morgan fingerprint density at radius 2 is 2.50 bits per heavy atom. The van der Waals surface area contributed by atoms with Gasteiger partial charge >= 0.3 is 0 Å². The number of hydrogen-bond donors (Lipinski definition) is 2. The van der Waals surface area contributed by atoms with Crippen LogP contribution in [0.1, 0.15) is 35.1 Å². The van der Waals surface area contributed by atoms with Gasteiger partial charge in [-0.2, -0.15) is 0 Å². The summed E-state index contributed by atoms with van der Waals surface area (Å²) in [6, 6.07) is 0. The SMILES string of the molecule is NNC(=O)c1coc(C2CC2)n1. The van der Waals surface area contributed by atoms with Crippen molar-refractivity contribution in [3.8, 4) is 0 Å². The summed E-state index contributed by atoms with van der Waals surface area (Å²) in [6.07, 6.45) is 3.53. The second-order valence-electron chi connectivity index (χ2n) is 2.82. The molecule has 0 atom stereocenters. The zero-order valence-corrected chi connectivity index (χ0v) is 6.41. The van der Waals surface area contributed by atoms with Gasteiger partial charge in [-0.15, -0.1) is 0 Å². The van der Waals surface area contributed by atoms with Crippen LogP contribution in [0.4, 0.5) is 0 Å². The molecule has 1 saturated carbocycles. The lowest BCUT2D eigenvalue weighted by Crippen LogP contribution is -2.30. The molecule has 0 bridgehead atoms. The van der Waals surface area contributed by atoms with E-state index < -0.39 is 5.91 Å². The topological polar surface area (TPSA) is 81.1 Å². The zero-order chi connectivity index (χ0) is 8.55. The molecular formula is C7H9N3O2. The molecule has 1 heterocycles. The molecule has 0 radical (unpaired) electrons. The highest BCUT2D eigenvalue weighted by atomic mass is 16.3. The Morgan fingerprint density at radius 1 is 1.75 bits per heavy atom. The third-order valence-corrected chi connectivity index (χ3v) is 1.81. The Labute approximate surface area is 68.9 Å². The number of aromatic nitrogens is 1. The average molecular weight is 167 g/mol. The monoisotopic (exact) mass is 167 g/mol. The van der Waals surface area contributed by atoms with Gasteiger partial charge in [0.15, 0.2) is 11.6 Å². The molecule has 3 N–H and O–H groups in total. The van der Waals surface area contributed by atoms with E-state index in [2.05, 4.69) is 4.98 Å². The molecule has 64 valence electrons. The van der Waals surface area contributed by atoms with Gasteiger partial charge in [-0.1, -0.05) is 0 Å². The fourth-order valence-electron chi connectivity index (χ4n) is 0.984. The first kappa shape index (κ1) is 7.30. The fourth-order valence-corrected chi connectivity index (χ4v) is 0.984. The van der Waals surface area contributed by atoms with Crippen molar-refractivity contribution in [3.05, 3.63) is 17.8 Å². The molecule has 12 heavy (non-hydrogen) atoms. The largest absolute Gasteiger partial charge is 0.448 e. The molecule has 1 fully saturated rings. The summed E-state index contributed by atoms with van der Waals surface area (Å²) >= 11 is 0. The summed E-state index contributed by atoms with van der Waals surface area (Å²) in [6.45, 7) is 0. The first-order chi connectivity index (χ1) is 5.81. The van der Waals surface area contributed by atoms with Crippen molar-refractivity contribution in [2.75, 3.05) is 0 Å². The van der Waals surface area contributed by atoms with Gasteiger partial charge in [0.05, 0.1) is 0 Å². The summed E-state index contributed by atoms with van der Waals surface area (Å²) in [4.78, 5) is 14.9. The lowest BCUT2D eigenvalue weighted by molar-refractivity contribution is 0.0948. The van der Waals surface area contributed by atoms with Gasteiger partial charge in [0.25, 0.3) is 5.91 Å². The van der Waals surface area contributed by atoms with Crippen LogP contribution in [0.15, 0.2) is 10.7 Å². The predicted molar refractivity (Wildman–Crippen MR) is 40.1 cm³/mol. The third-order valence-electron chi connectivity index (χ3n) is 1.81. The summed E-state index contributed by atoms with van der Waals surface area (Å²) in [7, 11) is 0. The lowest BCUT2D eigenvalue weighted by Gasteiger charge is -1.89. The van der Waals surface area contributed by atoms with Crippen LogP contribution in [-0.4, -0.2) is 10.9 Å². The zero-order valence-electron chi connectivity index (χ0n) is 6.41. The van der Waals surface area contributed by atoms with Crippen LogP contribution in [-0.2, 0) is 0 Å². The first-order valence-electron chi connectivity index (χ1n) is 3.77. The molecule has 1 aromatic rings. The Kier molecular flexibility index (Phi) is 1.58. The van der Waals surface area contributed by atoms with E-state index in [1.54, 1.807) is 0 Å². The molecule has 1 aromatic heterocycles. The van der Waals surface area contributed by atoms with Gasteiger partial charge < -0.3 is 4.42 Å². The van der Waals surface area contributed by atoms with Crippen molar-refractivity contribution in [2.45, 2.75) is 18.8 Å². The van der Waals surface area contributed by atoms with E-state index in [9.17, 15) is 4.79 Å². The molecule has 0 saturated heterocycles. The van der Waals surface area contributed by atoms with Crippen molar-refractivity contribution >= 4 is 5.91 Å². The average Bonchev–Trinajstić information content (AvgIpc) is 2.83. The Morgan fingerprint density at radius 3 is 3.08 bits per heavy atom. The summed E-state index contributed by atoms with van der Waals surface area (Å²) < 4.78 is 5.08. The second-order valence-corrected chi connectivity index (χ2v) is 2.82. The first-order valence-corrected chi connectivity index (χ1v) is 3.77. The van der Waals surface area contributed by atoms with Crippen LogP contribution < -0.4 is 11.3 Å². The van der Waals surface area contributed by atoms with Crippen LogP contribution in [0.2, 0.25) is 0 Å². The summed E-state index contributed by atoms with van der Waals surface area (Å²) in [5, 5.41) is 0. The highest BCUT2D eigenvalue weighted by Crippen LogP contribution is 2.39. The molecular weight excluding hydrogens is 158 g/mol. The molecule has 1 aliphatic carbocycles. The van der Waals surface area contributed by atoms with Crippen LogP contribution in [0, 0.1) is 0 Å². The van der Waals surface area contributed by atoms with E-state index in [0.29, 0.717) is 11.8 Å². The van der Waals surface area contributed by atoms with Gasteiger partial charge in [-0.25, -0.2) is 10.8 Å². The van der Waals surface area contributed by atoms with Crippen LogP contribution in [0.3, 0.4) is 0 Å². The number of amides is 1. The van der Waals surface area contributed by atoms with Gasteiger partial charge in [-0.3, -0.25) is 10.2 Å². The Balaban J connectivity index is 2.17. The summed E-state index contributed by atoms with van der Waals surface area (Å²) in [5.41, 5.74) is 2.24. The highest BCUT2D eigenvalue weighted by Gasteiger charge is 2.29. The maximum atomic E-state index is 10.9. The maximum Gasteiger partial charge on any atom is 0.287 e. The van der Waals surface area contributed by atoms with Crippen LogP contribution in [0.5, 0.6) is 0 Å². The van der Waals surface area contributed by atoms with E-state index in [1.807, 2.05) is 5.43 Å². The van der Waals surface area contributed by atoms with E-state index in [0.717, 1.165) is 12.8 Å². The third kappa shape index (κ3) is 1.18. The van der Waals surface area contributed by atoms with Gasteiger partial charge in [0.1, 0.15) is 6.26 Å². The number of hydrogen-bond acceptors (Lipinski definition) is 4. The number of nitrogens with zero attached hydrogens (tertiary/aromatic N) is 1. The van der Waals surface area contributed by atoms with E-state index in [1.165, 1.54) is 6.26 Å². The van der Waals surface area contributed by atoms with E-state index >= 15 is 0 Å². The lowest BCUT2D eigenvalue weighted by atomic mass is 10.4. The van der Waals surface area contributed by atoms with Crippen molar-refractivity contribution in [1.29, 1.82) is 0 Å². The molecule has 5 heteroatoms. The quantitative estimate of drug-likeness (QED) is 0.373. The Bertz CT molecular complexity index is 303. The fraction of sp³-hybridized carbons (Fsp3) is 0.429. The van der Waals surface area contributed by atoms with Crippen molar-refractivity contribution in [2.24, 2.45) is 5.84 Å². The molecule has 0 unspecified atom stereocenters. The van der Waals surface area contributed by atoms with Gasteiger partial charge in [-0.05, 0) is 12.8 Å². The number of hydrazine groups is 1. The van der Waals surface area contributed by atoms with E-state index in [-0.39, 0.29) is 5.69 Å². The molecule has 0 aromatic carbocycles. The molecule has 5 nitrogen and oxygen atoms in total. The second kappa shape index (κ2) is 2.60. The number of nitrogen functional groups attached to an aromatic ring is 1. The maximum absolute atomic E-state index is 10.9. The van der Waals surface area contributed by atoms with Gasteiger partial charge in [0, 0.05) is 5.92 Å². The highest BCUT2D eigenvalue weighted by molar-refractivity contribution is 5.91. The molecule has 0 aliphatic heterocycles. The summed E-state index contributed by atoms with van der Waals surface area (Å²) in [5.74, 6) is 5.58. The van der Waals surface area contributed by atoms with E-state index in [4.69, 9.17) is 10.3 Å². The number of carbonyl (C=O) groups is 1.